The standard InChI is InChI=1S/C27H34N4O2/c1-2-9-26-25(8-1)27(28-33-26)31-15-14-30-18-22(10-11-23(30)19-31)20-32-24-7-5-6-21(16-24)17-29-12-3-4-13-29/h1-2,5-9,16,22-23H,3-4,10-15,17-20H2/t22-,23-/m1/s1. The van der Waals surface area contributed by atoms with Crippen LogP contribution in [0.2, 0.25) is 0 Å². The molecule has 3 aliphatic rings. The second kappa shape index (κ2) is 9.35. The highest BCUT2D eigenvalue weighted by molar-refractivity contribution is 5.88. The first-order chi connectivity index (χ1) is 16.3. The van der Waals surface area contributed by atoms with Gasteiger partial charge in [-0.25, -0.2) is 0 Å². The number of piperazine rings is 1. The van der Waals surface area contributed by atoms with Gasteiger partial charge in [0.2, 0.25) is 0 Å². The zero-order chi connectivity index (χ0) is 22.0. The number of ether oxygens (including phenoxy) is 1. The van der Waals surface area contributed by atoms with Crippen LogP contribution in [0.15, 0.2) is 53.1 Å². The van der Waals surface area contributed by atoms with Gasteiger partial charge in [0.25, 0.3) is 0 Å². The summed E-state index contributed by atoms with van der Waals surface area (Å²) in [6.07, 6.45) is 5.11. The second-order valence-electron chi connectivity index (χ2n) is 9.98. The van der Waals surface area contributed by atoms with E-state index < -0.39 is 0 Å². The summed E-state index contributed by atoms with van der Waals surface area (Å²) in [6, 6.07) is 17.5. The Balaban J connectivity index is 1.02. The maximum atomic E-state index is 6.28. The highest BCUT2D eigenvalue weighted by atomic mass is 16.5. The summed E-state index contributed by atoms with van der Waals surface area (Å²) in [4.78, 5) is 7.62. The molecule has 0 bridgehead atoms. The third-order valence-electron chi connectivity index (χ3n) is 7.65. The average molecular weight is 447 g/mol. The van der Waals surface area contributed by atoms with Gasteiger partial charge in [-0.05, 0) is 68.6 Å². The minimum Gasteiger partial charge on any atom is -0.493 e. The van der Waals surface area contributed by atoms with Crippen LogP contribution in [0.5, 0.6) is 5.75 Å². The van der Waals surface area contributed by atoms with Crippen molar-refractivity contribution in [2.24, 2.45) is 5.92 Å². The van der Waals surface area contributed by atoms with Crippen LogP contribution < -0.4 is 9.64 Å². The number of rotatable bonds is 6. The molecule has 33 heavy (non-hydrogen) atoms. The summed E-state index contributed by atoms with van der Waals surface area (Å²) in [7, 11) is 0. The molecule has 6 rings (SSSR count). The number of hydrogen-bond donors (Lipinski definition) is 0. The lowest BCUT2D eigenvalue weighted by Crippen LogP contribution is -2.57. The van der Waals surface area contributed by atoms with E-state index >= 15 is 0 Å². The Labute approximate surface area is 196 Å². The quantitative estimate of drug-likeness (QED) is 0.559. The van der Waals surface area contributed by atoms with Gasteiger partial charge in [-0.3, -0.25) is 9.80 Å². The fourth-order valence-corrected chi connectivity index (χ4v) is 5.83. The van der Waals surface area contributed by atoms with Crippen molar-refractivity contribution in [3.8, 4) is 5.75 Å². The zero-order valence-electron chi connectivity index (χ0n) is 19.4. The lowest BCUT2D eigenvalue weighted by molar-refractivity contribution is 0.0726. The van der Waals surface area contributed by atoms with Crippen LogP contribution in [0.25, 0.3) is 11.0 Å². The Kier molecular flexibility index (Phi) is 5.95. The molecule has 0 aliphatic carbocycles. The first-order valence-corrected chi connectivity index (χ1v) is 12.6. The molecule has 0 radical (unpaired) electrons. The van der Waals surface area contributed by atoms with E-state index in [1.165, 1.54) is 44.3 Å². The topological polar surface area (TPSA) is 45.0 Å². The third-order valence-corrected chi connectivity index (χ3v) is 7.65. The minimum atomic E-state index is 0.592. The van der Waals surface area contributed by atoms with Crippen molar-refractivity contribution in [2.45, 2.75) is 38.3 Å². The van der Waals surface area contributed by atoms with Crippen LogP contribution in [0.1, 0.15) is 31.2 Å². The number of likely N-dealkylation sites (tertiary alicyclic amines) is 1. The summed E-state index contributed by atoms with van der Waals surface area (Å²) in [6.45, 7) is 8.56. The molecule has 3 fully saturated rings. The Morgan fingerprint density at radius 3 is 2.79 bits per heavy atom. The SMILES string of the molecule is c1cc(CN2CCCC2)cc(OC[C@@H]2CC[C@@H]3CN(c4noc5ccccc45)CCN3C2)c1. The van der Waals surface area contributed by atoms with Crippen LogP contribution in [-0.2, 0) is 6.54 Å². The smallest absolute Gasteiger partial charge is 0.180 e. The van der Waals surface area contributed by atoms with E-state index in [0.717, 1.165) is 61.9 Å². The van der Waals surface area contributed by atoms with Gasteiger partial charge in [0.15, 0.2) is 11.4 Å². The Morgan fingerprint density at radius 2 is 1.85 bits per heavy atom. The summed E-state index contributed by atoms with van der Waals surface area (Å²) in [5.41, 5.74) is 2.25. The fraction of sp³-hybridized carbons (Fsp3) is 0.519. The Hall–Kier alpha value is -2.57. The van der Waals surface area contributed by atoms with Gasteiger partial charge < -0.3 is 14.2 Å². The molecular weight excluding hydrogens is 412 g/mol. The summed E-state index contributed by atoms with van der Waals surface area (Å²) >= 11 is 0. The van der Waals surface area contributed by atoms with Crippen molar-refractivity contribution in [1.29, 1.82) is 0 Å². The van der Waals surface area contributed by atoms with Crippen LogP contribution >= 0.6 is 0 Å². The zero-order valence-corrected chi connectivity index (χ0v) is 19.4. The highest BCUT2D eigenvalue weighted by Gasteiger charge is 2.34. The molecule has 174 valence electrons. The van der Waals surface area contributed by atoms with Crippen molar-refractivity contribution in [2.75, 3.05) is 50.8 Å². The normalized spacial score (nSPS) is 24.3. The molecule has 0 spiro atoms. The molecule has 6 heteroatoms. The molecule has 4 heterocycles. The van der Waals surface area contributed by atoms with Gasteiger partial charge in [-0.15, -0.1) is 0 Å². The van der Waals surface area contributed by atoms with Gasteiger partial charge in [-0.1, -0.05) is 29.4 Å². The molecule has 0 saturated carbocycles. The van der Waals surface area contributed by atoms with E-state index in [0.29, 0.717) is 12.0 Å². The highest BCUT2D eigenvalue weighted by Crippen LogP contribution is 2.31. The number of para-hydroxylation sites is 1. The lowest BCUT2D eigenvalue weighted by atomic mass is 9.91. The van der Waals surface area contributed by atoms with Crippen LogP contribution in [0, 0.1) is 5.92 Å². The molecule has 3 aliphatic heterocycles. The van der Waals surface area contributed by atoms with Crippen molar-refractivity contribution in [3.63, 3.8) is 0 Å². The first-order valence-electron chi connectivity index (χ1n) is 12.6. The molecular formula is C27H34N4O2. The van der Waals surface area contributed by atoms with Crippen molar-refractivity contribution >= 4 is 16.8 Å². The number of benzene rings is 2. The van der Waals surface area contributed by atoms with Gasteiger partial charge in [-0.2, -0.15) is 0 Å². The van der Waals surface area contributed by atoms with E-state index in [2.05, 4.69) is 56.3 Å². The number of anilines is 1. The molecule has 3 aromatic rings. The molecule has 1 aromatic heterocycles. The Morgan fingerprint density at radius 1 is 0.939 bits per heavy atom. The molecule has 0 unspecified atom stereocenters. The average Bonchev–Trinajstić information content (AvgIpc) is 3.53. The molecule has 3 saturated heterocycles. The van der Waals surface area contributed by atoms with E-state index in [1.54, 1.807) is 0 Å². The summed E-state index contributed by atoms with van der Waals surface area (Å²) in [5, 5.41) is 5.51. The third kappa shape index (κ3) is 4.59. The fourth-order valence-electron chi connectivity index (χ4n) is 5.83. The van der Waals surface area contributed by atoms with E-state index in [-0.39, 0.29) is 0 Å². The minimum absolute atomic E-state index is 0.592. The molecule has 2 atom stereocenters. The Bertz CT molecular complexity index is 1080. The van der Waals surface area contributed by atoms with Crippen LogP contribution in [-0.4, -0.2) is 66.9 Å². The van der Waals surface area contributed by atoms with E-state index in [9.17, 15) is 0 Å². The van der Waals surface area contributed by atoms with Crippen LogP contribution in [0.4, 0.5) is 5.82 Å². The number of aromatic nitrogens is 1. The molecule has 0 N–H and O–H groups in total. The summed E-state index contributed by atoms with van der Waals surface area (Å²) in [5.74, 6) is 2.63. The number of fused-ring (bicyclic) bond motifs is 2. The van der Waals surface area contributed by atoms with Gasteiger partial charge in [0, 0.05) is 44.7 Å². The van der Waals surface area contributed by atoms with Gasteiger partial charge in [0.1, 0.15) is 5.75 Å². The lowest BCUT2D eigenvalue weighted by Gasteiger charge is -2.46. The molecule has 2 aromatic carbocycles. The number of hydrogen-bond acceptors (Lipinski definition) is 6. The summed E-state index contributed by atoms with van der Waals surface area (Å²) < 4.78 is 11.8. The largest absolute Gasteiger partial charge is 0.493 e. The van der Waals surface area contributed by atoms with E-state index in [1.807, 2.05) is 12.1 Å². The monoisotopic (exact) mass is 446 g/mol. The van der Waals surface area contributed by atoms with Crippen molar-refractivity contribution in [3.05, 3.63) is 54.1 Å². The van der Waals surface area contributed by atoms with Crippen molar-refractivity contribution < 1.29 is 9.26 Å². The maximum absolute atomic E-state index is 6.28. The number of piperidine rings is 1. The maximum Gasteiger partial charge on any atom is 0.180 e. The number of nitrogens with zero attached hydrogens (tertiary/aromatic N) is 4. The van der Waals surface area contributed by atoms with Crippen molar-refractivity contribution in [1.82, 2.24) is 15.0 Å². The first kappa shape index (κ1) is 21.0. The predicted molar refractivity (Wildman–Crippen MR) is 131 cm³/mol. The van der Waals surface area contributed by atoms with E-state index in [4.69, 9.17) is 9.26 Å². The van der Waals surface area contributed by atoms with Gasteiger partial charge in [0.05, 0.1) is 12.0 Å². The second-order valence-corrected chi connectivity index (χ2v) is 9.98. The molecule has 0 amide bonds. The molecule has 6 nitrogen and oxygen atoms in total. The van der Waals surface area contributed by atoms with Gasteiger partial charge >= 0.3 is 0 Å². The van der Waals surface area contributed by atoms with Crippen LogP contribution in [0.3, 0.4) is 0 Å². The predicted octanol–water partition coefficient (Wildman–Crippen LogP) is 4.40.